The van der Waals surface area contributed by atoms with Crippen molar-refractivity contribution in [1.82, 2.24) is 14.9 Å². The normalized spacial score (nSPS) is 19.3. The Labute approximate surface area is 177 Å². The van der Waals surface area contributed by atoms with Gasteiger partial charge in [-0.05, 0) is 52.5 Å². The number of hydrogen-bond donors (Lipinski definition) is 0. The van der Waals surface area contributed by atoms with Crippen LogP contribution in [0.15, 0.2) is 12.3 Å². The molecule has 0 spiro atoms. The number of esters is 1. The second-order valence-corrected chi connectivity index (χ2v) is 11.2. The van der Waals surface area contributed by atoms with Crippen molar-refractivity contribution in [1.29, 1.82) is 0 Å². The maximum atomic E-state index is 12.8. The number of sulfone groups is 1. The van der Waals surface area contributed by atoms with E-state index < -0.39 is 32.9 Å². The van der Waals surface area contributed by atoms with Crippen LogP contribution < -0.4 is 0 Å². The van der Waals surface area contributed by atoms with Crippen LogP contribution in [0.1, 0.15) is 58.0 Å². The minimum Gasteiger partial charge on any atom is -0.468 e. The van der Waals surface area contributed by atoms with Gasteiger partial charge in [0.2, 0.25) is 0 Å². The van der Waals surface area contributed by atoms with E-state index in [2.05, 4.69) is 9.97 Å². The Hall–Kier alpha value is -2.23. The first-order valence-electron chi connectivity index (χ1n) is 10.1. The molecule has 9 nitrogen and oxygen atoms in total. The maximum absolute atomic E-state index is 12.8. The number of amides is 1. The van der Waals surface area contributed by atoms with Crippen LogP contribution in [-0.4, -0.2) is 66.4 Å². The monoisotopic (exact) mass is 439 g/mol. The number of carbonyl (C=O) groups is 2. The number of methoxy groups -OCH3 is 1. The topological polar surface area (TPSA) is 116 Å². The van der Waals surface area contributed by atoms with Gasteiger partial charge in [-0.3, -0.25) is 4.79 Å². The average Bonchev–Trinajstić information content (AvgIpc) is 3.52. The van der Waals surface area contributed by atoms with Gasteiger partial charge < -0.3 is 14.4 Å². The molecule has 1 aliphatic carbocycles. The van der Waals surface area contributed by atoms with E-state index in [1.165, 1.54) is 13.3 Å². The van der Waals surface area contributed by atoms with Crippen LogP contribution in [0.4, 0.5) is 4.79 Å². The van der Waals surface area contributed by atoms with Gasteiger partial charge in [-0.25, -0.2) is 23.2 Å². The Bertz CT molecular complexity index is 913. The minimum absolute atomic E-state index is 0.172. The first-order valence-corrected chi connectivity index (χ1v) is 11.8. The molecule has 0 radical (unpaired) electrons. The smallest absolute Gasteiger partial charge is 0.410 e. The van der Waals surface area contributed by atoms with Crippen molar-refractivity contribution in [2.24, 2.45) is 0 Å². The molecule has 1 saturated heterocycles. The van der Waals surface area contributed by atoms with Gasteiger partial charge in [-0.15, -0.1) is 0 Å². The van der Waals surface area contributed by atoms with Crippen LogP contribution in [0, 0.1) is 0 Å². The quantitative estimate of drug-likeness (QED) is 0.640. The zero-order valence-electron chi connectivity index (χ0n) is 17.9. The fourth-order valence-electron chi connectivity index (χ4n) is 3.57. The number of rotatable bonds is 5. The van der Waals surface area contributed by atoms with E-state index in [1.807, 2.05) is 0 Å². The standard InChI is InChI=1S/C20H29N3O6S/c1-19(2,3)29-18(25)23-11-8-20(9-12-23,17(24)28-4)16-21-10-7-14(22-16)13-30(26,27)15-5-6-15/h7,10,15H,5-6,8-9,11-13H2,1-4H3. The van der Waals surface area contributed by atoms with Gasteiger partial charge in [0.1, 0.15) is 16.8 Å². The molecule has 1 aliphatic heterocycles. The van der Waals surface area contributed by atoms with E-state index in [4.69, 9.17) is 9.47 Å². The van der Waals surface area contributed by atoms with Crippen molar-refractivity contribution in [3.8, 4) is 0 Å². The van der Waals surface area contributed by atoms with Crippen molar-refractivity contribution < 1.29 is 27.5 Å². The van der Waals surface area contributed by atoms with E-state index in [-0.39, 0.29) is 42.8 Å². The molecule has 0 N–H and O–H groups in total. The Kier molecular flexibility index (Phi) is 6.08. The summed E-state index contributed by atoms with van der Waals surface area (Å²) in [5.41, 5.74) is -1.38. The van der Waals surface area contributed by atoms with Crippen LogP contribution in [0.2, 0.25) is 0 Å². The van der Waals surface area contributed by atoms with Gasteiger partial charge in [-0.2, -0.15) is 0 Å². The summed E-state index contributed by atoms with van der Waals surface area (Å²) in [6.07, 6.45) is 2.94. The van der Waals surface area contributed by atoms with Gasteiger partial charge in [0.05, 0.1) is 23.8 Å². The third-order valence-electron chi connectivity index (χ3n) is 5.37. The van der Waals surface area contributed by atoms with Gasteiger partial charge in [0.15, 0.2) is 9.84 Å². The Balaban J connectivity index is 1.81. The first-order chi connectivity index (χ1) is 14.0. The molecule has 2 heterocycles. The summed E-state index contributed by atoms with van der Waals surface area (Å²) in [7, 11) is -1.95. The van der Waals surface area contributed by atoms with Crippen LogP contribution in [-0.2, 0) is 35.3 Å². The van der Waals surface area contributed by atoms with E-state index in [0.717, 1.165) is 0 Å². The Morgan fingerprint density at radius 1 is 1.23 bits per heavy atom. The maximum Gasteiger partial charge on any atom is 0.410 e. The highest BCUT2D eigenvalue weighted by molar-refractivity contribution is 7.91. The molecular formula is C20H29N3O6S. The summed E-state index contributed by atoms with van der Waals surface area (Å²) >= 11 is 0. The molecule has 2 fully saturated rings. The highest BCUT2D eigenvalue weighted by Gasteiger charge is 2.48. The summed E-state index contributed by atoms with van der Waals surface area (Å²) in [5, 5.41) is -0.289. The fourth-order valence-corrected chi connectivity index (χ4v) is 5.23. The molecule has 0 aromatic carbocycles. The van der Waals surface area contributed by atoms with Crippen molar-refractivity contribution in [2.75, 3.05) is 20.2 Å². The summed E-state index contributed by atoms with van der Waals surface area (Å²) < 4.78 is 35.1. The summed E-state index contributed by atoms with van der Waals surface area (Å²) in [4.78, 5) is 35.4. The SMILES string of the molecule is COC(=O)C1(c2nccc(CS(=O)(=O)C3CC3)n2)CCN(C(=O)OC(C)(C)C)CC1. The predicted octanol–water partition coefficient (Wildman–Crippen LogP) is 2.00. The molecule has 0 bridgehead atoms. The largest absolute Gasteiger partial charge is 0.468 e. The van der Waals surface area contributed by atoms with Crippen LogP contribution in [0.25, 0.3) is 0 Å². The highest BCUT2D eigenvalue weighted by atomic mass is 32.2. The number of piperidine rings is 1. The number of ether oxygens (including phenoxy) is 2. The highest BCUT2D eigenvalue weighted by Crippen LogP contribution is 2.36. The van der Waals surface area contributed by atoms with Crippen LogP contribution >= 0.6 is 0 Å². The van der Waals surface area contributed by atoms with Gasteiger partial charge in [-0.1, -0.05) is 0 Å². The van der Waals surface area contributed by atoms with Gasteiger partial charge in [0, 0.05) is 19.3 Å². The number of carbonyl (C=O) groups excluding carboxylic acids is 2. The van der Waals surface area contributed by atoms with Crippen LogP contribution in [0.5, 0.6) is 0 Å². The molecular weight excluding hydrogens is 410 g/mol. The van der Waals surface area contributed by atoms with E-state index in [1.54, 1.807) is 31.7 Å². The lowest BCUT2D eigenvalue weighted by Gasteiger charge is -2.38. The number of hydrogen-bond acceptors (Lipinski definition) is 8. The summed E-state index contributed by atoms with van der Waals surface area (Å²) in [6.45, 7) is 5.93. The van der Waals surface area contributed by atoms with Gasteiger partial charge in [0.25, 0.3) is 0 Å². The minimum atomic E-state index is -3.25. The predicted molar refractivity (Wildman–Crippen MR) is 108 cm³/mol. The molecule has 166 valence electrons. The Morgan fingerprint density at radius 2 is 1.87 bits per heavy atom. The zero-order valence-corrected chi connectivity index (χ0v) is 18.7. The van der Waals surface area contributed by atoms with E-state index >= 15 is 0 Å². The van der Waals surface area contributed by atoms with E-state index in [9.17, 15) is 18.0 Å². The second kappa shape index (κ2) is 8.13. The Morgan fingerprint density at radius 3 is 2.40 bits per heavy atom. The van der Waals surface area contributed by atoms with Crippen molar-refractivity contribution >= 4 is 21.9 Å². The lowest BCUT2D eigenvalue weighted by molar-refractivity contribution is -0.150. The van der Waals surface area contributed by atoms with Gasteiger partial charge >= 0.3 is 12.1 Å². The molecule has 3 rings (SSSR count). The fraction of sp³-hybridized carbons (Fsp3) is 0.700. The number of nitrogens with zero attached hydrogens (tertiary/aromatic N) is 3. The lowest BCUT2D eigenvalue weighted by atomic mass is 9.77. The molecule has 1 amide bonds. The first kappa shape index (κ1) is 22.5. The molecule has 0 unspecified atom stereocenters. The lowest BCUT2D eigenvalue weighted by Crippen LogP contribution is -2.51. The summed E-state index contributed by atoms with van der Waals surface area (Å²) in [5.74, 6) is -0.427. The van der Waals surface area contributed by atoms with Crippen molar-refractivity contribution in [3.05, 3.63) is 23.8 Å². The molecule has 10 heteroatoms. The molecule has 1 aromatic heterocycles. The molecule has 0 atom stereocenters. The third-order valence-corrected chi connectivity index (χ3v) is 7.55. The van der Waals surface area contributed by atoms with Crippen molar-refractivity contribution in [2.45, 2.75) is 68.5 Å². The third kappa shape index (κ3) is 4.91. The summed E-state index contributed by atoms with van der Waals surface area (Å²) in [6, 6.07) is 1.56. The number of likely N-dealkylation sites (tertiary alicyclic amines) is 1. The molecule has 1 saturated carbocycles. The zero-order chi connectivity index (χ0) is 22.2. The van der Waals surface area contributed by atoms with E-state index in [0.29, 0.717) is 18.5 Å². The molecule has 1 aromatic rings. The average molecular weight is 440 g/mol. The second-order valence-electron chi connectivity index (χ2n) is 8.92. The van der Waals surface area contributed by atoms with Crippen LogP contribution in [0.3, 0.4) is 0 Å². The molecule has 2 aliphatic rings. The number of aromatic nitrogens is 2. The molecule has 30 heavy (non-hydrogen) atoms. The van der Waals surface area contributed by atoms with Crippen molar-refractivity contribution in [3.63, 3.8) is 0 Å².